The number of halogens is 2. The highest BCUT2D eigenvalue weighted by Crippen LogP contribution is 2.45. The number of fused-ring (bicyclic) bond motifs is 1. The standard InChI is InChI=1S/C23H24F2N2O3/c1-15-20-19(27(23(15)28)16-6-4-3-5-7-16)14-18(24)22(21(20)25)30-17-8-10-26(11-9-17)12-13-29-2/h3-7,14,17H,1,8-13H2,2H3. The Morgan fingerprint density at radius 2 is 1.87 bits per heavy atom. The molecule has 0 N–H and O–H groups in total. The van der Waals surface area contributed by atoms with E-state index < -0.39 is 23.3 Å². The number of carbonyl (C=O) groups is 1. The third-order valence-corrected chi connectivity index (χ3v) is 5.60. The minimum Gasteiger partial charge on any atom is -0.484 e. The van der Waals surface area contributed by atoms with Crippen LogP contribution in [0.2, 0.25) is 0 Å². The predicted molar refractivity (Wildman–Crippen MR) is 111 cm³/mol. The molecule has 2 heterocycles. The molecule has 0 atom stereocenters. The number of methoxy groups -OCH3 is 1. The fourth-order valence-corrected chi connectivity index (χ4v) is 3.98. The first-order chi connectivity index (χ1) is 14.5. The molecule has 0 unspecified atom stereocenters. The molecule has 0 aromatic heterocycles. The summed E-state index contributed by atoms with van der Waals surface area (Å²) in [6.45, 7) is 6.76. The van der Waals surface area contributed by atoms with Gasteiger partial charge in [-0.05, 0) is 25.0 Å². The van der Waals surface area contributed by atoms with E-state index in [-0.39, 0.29) is 22.9 Å². The number of piperidine rings is 1. The Hall–Kier alpha value is -2.77. The van der Waals surface area contributed by atoms with E-state index in [0.717, 1.165) is 25.7 Å². The zero-order valence-electron chi connectivity index (χ0n) is 16.9. The van der Waals surface area contributed by atoms with E-state index in [9.17, 15) is 9.18 Å². The molecule has 2 aromatic carbocycles. The summed E-state index contributed by atoms with van der Waals surface area (Å²) >= 11 is 0. The van der Waals surface area contributed by atoms with Gasteiger partial charge in [0.1, 0.15) is 6.10 Å². The van der Waals surface area contributed by atoms with E-state index in [2.05, 4.69) is 11.5 Å². The molecule has 5 nitrogen and oxygen atoms in total. The third kappa shape index (κ3) is 3.70. The van der Waals surface area contributed by atoms with Gasteiger partial charge in [-0.3, -0.25) is 9.69 Å². The van der Waals surface area contributed by atoms with Gasteiger partial charge in [0.05, 0.1) is 17.9 Å². The van der Waals surface area contributed by atoms with Crippen molar-refractivity contribution >= 4 is 22.9 Å². The lowest BCUT2D eigenvalue weighted by Crippen LogP contribution is -2.40. The normalized spacial score (nSPS) is 17.5. The van der Waals surface area contributed by atoms with Crippen LogP contribution in [0.1, 0.15) is 18.4 Å². The van der Waals surface area contributed by atoms with E-state index in [1.807, 2.05) is 0 Å². The summed E-state index contributed by atoms with van der Waals surface area (Å²) < 4.78 is 41.0. The van der Waals surface area contributed by atoms with Crippen LogP contribution in [0, 0.1) is 11.6 Å². The van der Waals surface area contributed by atoms with Crippen molar-refractivity contribution in [1.82, 2.24) is 4.90 Å². The number of amides is 1. The molecule has 7 heteroatoms. The molecule has 0 aliphatic carbocycles. The van der Waals surface area contributed by atoms with E-state index in [1.54, 1.807) is 37.4 Å². The quantitative estimate of drug-likeness (QED) is 0.666. The summed E-state index contributed by atoms with van der Waals surface area (Å²) in [5.41, 5.74) is 0.662. The van der Waals surface area contributed by atoms with Gasteiger partial charge in [-0.15, -0.1) is 0 Å². The summed E-state index contributed by atoms with van der Waals surface area (Å²) in [5, 5.41) is 0. The molecule has 1 saturated heterocycles. The Morgan fingerprint density at radius 1 is 1.17 bits per heavy atom. The molecule has 0 radical (unpaired) electrons. The fraction of sp³-hybridized carbons (Fsp3) is 0.348. The van der Waals surface area contributed by atoms with Gasteiger partial charge in [0.25, 0.3) is 5.91 Å². The van der Waals surface area contributed by atoms with Crippen LogP contribution in [0.25, 0.3) is 5.57 Å². The van der Waals surface area contributed by atoms with E-state index in [1.165, 1.54) is 4.90 Å². The molecule has 2 aromatic rings. The number of hydrogen-bond donors (Lipinski definition) is 0. The van der Waals surface area contributed by atoms with Crippen molar-refractivity contribution in [2.75, 3.05) is 38.3 Å². The third-order valence-electron chi connectivity index (χ3n) is 5.60. The van der Waals surface area contributed by atoms with Gasteiger partial charge >= 0.3 is 0 Å². The van der Waals surface area contributed by atoms with E-state index in [0.29, 0.717) is 25.1 Å². The summed E-state index contributed by atoms with van der Waals surface area (Å²) in [6.07, 6.45) is 1.03. The second-order valence-electron chi connectivity index (χ2n) is 7.50. The molecule has 2 aliphatic rings. The number of anilines is 2. The number of para-hydroxylation sites is 1. The van der Waals surface area contributed by atoms with Crippen molar-refractivity contribution in [3.8, 4) is 5.75 Å². The Morgan fingerprint density at radius 3 is 2.53 bits per heavy atom. The first-order valence-electron chi connectivity index (χ1n) is 10.00. The molecule has 0 bridgehead atoms. The number of benzene rings is 2. The van der Waals surface area contributed by atoms with Crippen LogP contribution in [-0.2, 0) is 9.53 Å². The van der Waals surface area contributed by atoms with Crippen molar-refractivity contribution in [1.29, 1.82) is 0 Å². The number of rotatable bonds is 6. The van der Waals surface area contributed by atoms with Crippen molar-refractivity contribution in [2.45, 2.75) is 18.9 Å². The second kappa shape index (κ2) is 8.53. The highest BCUT2D eigenvalue weighted by atomic mass is 19.1. The number of likely N-dealkylation sites (tertiary alicyclic amines) is 1. The maximum atomic E-state index is 15.3. The number of nitrogens with zero attached hydrogens (tertiary/aromatic N) is 2. The van der Waals surface area contributed by atoms with Gasteiger partial charge in [0.15, 0.2) is 17.4 Å². The SMILES string of the molecule is C=C1C(=O)N(c2ccccc2)c2cc(F)c(OC3CCN(CCOC)CC3)c(F)c21. The van der Waals surface area contributed by atoms with Crippen molar-refractivity contribution < 1.29 is 23.0 Å². The topological polar surface area (TPSA) is 42.0 Å². The van der Waals surface area contributed by atoms with Crippen LogP contribution in [0.4, 0.5) is 20.2 Å². The molecule has 158 valence electrons. The molecular weight excluding hydrogens is 390 g/mol. The Balaban J connectivity index is 1.58. The van der Waals surface area contributed by atoms with Crippen molar-refractivity contribution in [3.05, 3.63) is 60.2 Å². The summed E-state index contributed by atoms with van der Waals surface area (Å²) in [5.74, 6) is -2.61. The van der Waals surface area contributed by atoms with Crippen LogP contribution in [0.5, 0.6) is 5.75 Å². The lowest BCUT2D eigenvalue weighted by atomic mass is 10.1. The summed E-state index contributed by atoms with van der Waals surface area (Å²) in [6, 6.07) is 9.89. The maximum Gasteiger partial charge on any atom is 0.263 e. The lowest BCUT2D eigenvalue weighted by molar-refractivity contribution is -0.112. The van der Waals surface area contributed by atoms with Crippen LogP contribution in [-0.4, -0.2) is 50.3 Å². The largest absolute Gasteiger partial charge is 0.484 e. The van der Waals surface area contributed by atoms with Crippen LogP contribution in [0.15, 0.2) is 43.0 Å². The maximum absolute atomic E-state index is 15.3. The molecule has 0 spiro atoms. The number of carbonyl (C=O) groups excluding carboxylic acids is 1. The van der Waals surface area contributed by atoms with Gasteiger partial charge in [-0.2, -0.15) is 0 Å². The summed E-state index contributed by atoms with van der Waals surface area (Å²) in [4.78, 5) is 16.2. The monoisotopic (exact) mass is 414 g/mol. The van der Waals surface area contributed by atoms with Crippen LogP contribution in [0.3, 0.4) is 0 Å². The molecule has 4 rings (SSSR count). The van der Waals surface area contributed by atoms with Crippen molar-refractivity contribution in [2.24, 2.45) is 0 Å². The smallest absolute Gasteiger partial charge is 0.263 e. The fourth-order valence-electron chi connectivity index (χ4n) is 3.98. The Kier molecular flexibility index (Phi) is 5.83. The Bertz CT molecular complexity index is 957. The molecule has 1 amide bonds. The van der Waals surface area contributed by atoms with Gasteiger partial charge in [0, 0.05) is 44.1 Å². The highest BCUT2D eigenvalue weighted by Gasteiger charge is 2.38. The number of hydrogen-bond acceptors (Lipinski definition) is 4. The van der Waals surface area contributed by atoms with E-state index >= 15 is 4.39 Å². The lowest BCUT2D eigenvalue weighted by Gasteiger charge is -2.32. The summed E-state index contributed by atoms with van der Waals surface area (Å²) in [7, 11) is 1.66. The van der Waals surface area contributed by atoms with Crippen LogP contribution >= 0.6 is 0 Å². The van der Waals surface area contributed by atoms with E-state index in [4.69, 9.17) is 9.47 Å². The van der Waals surface area contributed by atoms with Gasteiger partial charge < -0.3 is 14.4 Å². The predicted octanol–water partition coefficient (Wildman–Crippen LogP) is 4.15. The number of ether oxygens (including phenoxy) is 2. The van der Waals surface area contributed by atoms with Crippen LogP contribution < -0.4 is 9.64 Å². The average molecular weight is 414 g/mol. The molecule has 0 saturated carbocycles. The highest BCUT2D eigenvalue weighted by molar-refractivity contribution is 6.34. The molecule has 30 heavy (non-hydrogen) atoms. The Labute approximate surface area is 174 Å². The average Bonchev–Trinajstić information content (AvgIpc) is 3.01. The van der Waals surface area contributed by atoms with Crippen molar-refractivity contribution in [3.63, 3.8) is 0 Å². The second-order valence-corrected chi connectivity index (χ2v) is 7.50. The minimum absolute atomic E-state index is 0.00205. The molecule has 2 aliphatic heterocycles. The first kappa shape index (κ1) is 20.5. The van der Waals surface area contributed by atoms with Gasteiger partial charge in [-0.1, -0.05) is 24.8 Å². The van der Waals surface area contributed by atoms with Gasteiger partial charge in [0.2, 0.25) is 0 Å². The molecule has 1 fully saturated rings. The minimum atomic E-state index is -0.872. The zero-order valence-corrected chi connectivity index (χ0v) is 16.9. The van der Waals surface area contributed by atoms with Gasteiger partial charge in [-0.25, -0.2) is 8.78 Å². The zero-order chi connectivity index (χ0) is 21.3. The first-order valence-corrected chi connectivity index (χ1v) is 10.00. The molecular formula is C23H24F2N2O3.